The first-order chi connectivity index (χ1) is 15.1. The van der Waals surface area contributed by atoms with Crippen molar-refractivity contribution in [2.24, 2.45) is 0 Å². The molecule has 1 fully saturated rings. The maximum atomic E-state index is 14.0. The second kappa shape index (κ2) is 9.60. The summed E-state index contributed by atoms with van der Waals surface area (Å²) in [5.41, 5.74) is 1.24. The molecular weight excluding hydrogens is 393 g/mol. The van der Waals surface area contributed by atoms with Crippen LogP contribution in [-0.4, -0.2) is 42.9 Å². The molecule has 5 heteroatoms. The maximum Gasteiger partial charge on any atom is 0.123 e. The fourth-order valence-corrected chi connectivity index (χ4v) is 4.28. The first kappa shape index (κ1) is 21.5. The van der Waals surface area contributed by atoms with Crippen LogP contribution < -0.4 is 4.74 Å². The molecule has 1 aliphatic heterocycles. The highest BCUT2D eigenvalue weighted by Gasteiger charge is 2.42. The highest BCUT2D eigenvalue weighted by molar-refractivity contribution is 5.38. The molecule has 0 bridgehead atoms. The summed E-state index contributed by atoms with van der Waals surface area (Å²) in [6, 6.07) is 24.2. The van der Waals surface area contributed by atoms with Crippen LogP contribution >= 0.6 is 0 Å². The largest absolute Gasteiger partial charge is 0.496 e. The van der Waals surface area contributed by atoms with Gasteiger partial charge in [0, 0.05) is 31.6 Å². The minimum Gasteiger partial charge on any atom is -0.496 e. The molecular formula is C26H28FNO3. The SMILES string of the molecule is COc1ccc(F)cc1C[C@@](O)(c1ccccc1)C1CN(Cc2ccccc2)CCO1. The Kier molecular flexibility index (Phi) is 6.66. The van der Waals surface area contributed by atoms with Crippen LogP contribution in [0.25, 0.3) is 0 Å². The molecule has 1 unspecified atom stereocenters. The number of benzene rings is 3. The quantitative estimate of drug-likeness (QED) is 0.622. The van der Waals surface area contributed by atoms with E-state index in [0.29, 0.717) is 24.5 Å². The van der Waals surface area contributed by atoms with Gasteiger partial charge in [-0.15, -0.1) is 0 Å². The van der Waals surface area contributed by atoms with Gasteiger partial charge in [-0.25, -0.2) is 4.39 Å². The van der Waals surface area contributed by atoms with Gasteiger partial charge in [0.2, 0.25) is 0 Å². The summed E-state index contributed by atoms with van der Waals surface area (Å²) in [7, 11) is 1.55. The van der Waals surface area contributed by atoms with E-state index in [1.165, 1.54) is 17.7 Å². The standard InChI is InChI=1S/C26H28FNO3/c1-30-24-13-12-23(27)16-21(24)17-26(29,22-10-6-3-7-11-22)25-19-28(14-15-31-25)18-20-8-4-2-5-9-20/h2-13,16,25,29H,14-15,17-19H2,1H3/t25?,26-/m1/s1. The van der Waals surface area contributed by atoms with Crippen LogP contribution in [0, 0.1) is 5.82 Å². The average Bonchev–Trinajstić information content (AvgIpc) is 2.81. The number of ether oxygens (including phenoxy) is 2. The molecule has 1 N–H and O–H groups in total. The molecule has 3 aromatic carbocycles. The molecule has 0 saturated carbocycles. The third-order valence-electron chi connectivity index (χ3n) is 5.91. The number of methoxy groups -OCH3 is 1. The molecule has 1 saturated heterocycles. The molecule has 0 radical (unpaired) electrons. The fraction of sp³-hybridized carbons (Fsp3) is 0.308. The van der Waals surface area contributed by atoms with Gasteiger partial charge < -0.3 is 14.6 Å². The lowest BCUT2D eigenvalue weighted by molar-refractivity contribution is -0.150. The average molecular weight is 422 g/mol. The van der Waals surface area contributed by atoms with Crippen LogP contribution in [0.2, 0.25) is 0 Å². The second-order valence-corrected chi connectivity index (χ2v) is 8.00. The number of aliphatic hydroxyl groups is 1. The monoisotopic (exact) mass is 421 g/mol. The van der Waals surface area contributed by atoms with Crippen LogP contribution in [0.15, 0.2) is 78.9 Å². The van der Waals surface area contributed by atoms with Crippen molar-refractivity contribution in [3.05, 3.63) is 101 Å². The van der Waals surface area contributed by atoms with E-state index < -0.39 is 11.7 Å². The van der Waals surface area contributed by atoms with Crippen LogP contribution in [0.1, 0.15) is 16.7 Å². The summed E-state index contributed by atoms with van der Waals surface area (Å²) in [6.45, 7) is 2.67. The summed E-state index contributed by atoms with van der Waals surface area (Å²) in [4.78, 5) is 2.29. The van der Waals surface area contributed by atoms with E-state index in [1.807, 2.05) is 48.5 Å². The molecule has 0 spiro atoms. The lowest BCUT2D eigenvalue weighted by Crippen LogP contribution is -2.53. The van der Waals surface area contributed by atoms with Gasteiger partial charge in [0.1, 0.15) is 23.3 Å². The van der Waals surface area contributed by atoms with E-state index in [1.54, 1.807) is 13.2 Å². The van der Waals surface area contributed by atoms with Crippen LogP contribution in [-0.2, 0) is 23.3 Å². The molecule has 31 heavy (non-hydrogen) atoms. The van der Waals surface area contributed by atoms with Crippen molar-refractivity contribution in [3.8, 4) is 5.75 Å². The zero-order chi connectivity index (χ0) is 21.7. The first-order valence-electron chi connectivity index (χ1n) is 10.6. The summed E-state index contributed by atoms with van der Waals surface area (Å²) in [5, 5.41) is 12.0. The van der Waals surface area contributed by atoms with Crippen molar-refractivity contribution in [3.63, 3.8) is 0 Å². The molecule has 1 heterocycles. The minimum absolute atomic E-state index is 0.182. The topological polar surface area (TPSA) is 41.9 Å². The van der Waals surface area contributed by atoms with Crippen LogP contribution in [0.4, 0.5) is 4.39 Å². The molecule has 4 nitrogen and oxygen atoms in total. The zero-order valence-electron chi connectivity index (χ0n) is 17.7. The molecule has 162 valence electrons. The van der Waals surface area contributed by atoms with Gasteiger partial charge in [0.25, 0.3) is 0 Å². The number of halogens is 1. The lowest BCUT2D eigenvalue weighted by Gasteiger charge is -2.42. The van der Waals surface area contributed by atoms with E-state index in [9.17, 15) is 9.50 Å². The Morgan fingerprint density at radius 3 is 2.48 bits per heavy atom. The summed E-state index contributed by atoms with van der Waals surface area (Å²) in [6.07, 6.45) is -0.290. The highest BCUT2D eigenvalue weighted by Crippen LogP contribution is 2.36. The number of hydrogen-bond donors (Lipinski definition) is 1. The van der Waals surface area contributed by atoms with Gasteiger partial charge >= 0.3 is 0 Å². The fourth-order valence-electron chi connectivity index (χ4n) is 4.28. The van der Waals surface area contributed by atoms with Crippen molar-refractivity contribution < 1.29 is 19.0 Å². The number of morpholine rings is 1. The Bertz CT molecular complexity index is 982. The third-order valence-corrected chi connectivity index (χ3v) is 5.91. The first-order valence-corrected chi connectivity index (χ1v) is 10.6. The van der Waals surface area contributed by atoms with Crippen molar-refractivity contribution in [2.75, 3.05) is 26.8 Å². The molecule has 4 rings (SSSR count). The van der Waals surface area contributed by atoms with Crippen molar-refractivity contribution in [1.29, 1.82) is 0 Å². The smallest absolute Gasteiger partial charge is 0.123 e. The predicted molar refractivity (Wildman–Crippen MR) is 118 cm³/mol. The van der Waals surface area contributed by atoms with Gasteiger partial charge in [0.05, 0.1) is 13.7 Å². The van der Waals surface area contributed by atoms with E-state index in [4.69, 9.17) is 9.47 Å². The Morgan fingerprint density at radius 1 is 1.06 bits per heavy atom. The molecule has 0 aliphatic carbocycles. The zero-order valence-corrected chi connectivity index (χ0v) is 17.7. The van der Waals surface area contributed by atoms with E-state index >= 15 is 0 Å². The van der Waals surface area contributed by atoms with Gasteiger partial charge in [-0.2, -0.15) is 0 Å². The molecule has 3 aromatic rings. The van der Waals surface area contributed by atoms with Crippen LogP contribution in [0.5, 0.6) is 5.75 Å². The van der Waals surface area contributed by atoms with E-state index in [-0.39, 0.29) is 12.2 Å². The number of rotatable bonds is 7. The Labute approximate surface area is 182 Å². The van der Waals surface area contributed by atoms with Gasteiger partial charge in [0.15, 0.2) is 0 Å². The minimum atomic E-state index is -1.34. The molecule has 0 aromatic heterocycles. The normalized spacial score (nSPS) is 19.0. The lowest BCUT2D eigenvalue weighted by atomic mass is 9.81. The maximum absolute atomic E-state index is 14.0. The second-order valence-electron chi connectivity index (χ2n) is 8.00. The third kappa shape index (κ3) is 4.96. The van der Waals surface area contributed by atoms with E-state index in [0.717, 1.165) is 18.7 Å². The summed E-state index contributed by atoms with van der Waals surface area (Å²) < 4.78 is 25.6. The van der Waals surface area contributed by atoms with Crippen molar-refractivity contribution in [2.45, 2.75) is 24.7 Å². The molecule has 1 aliphatic rings. The van der Waals surface area contributed by atoms with Crippen molar-refractivity contribution in [1.82, 2.24) is 4.90 Å². The Hall–Kier alpha value is -2.73. The number of nitrogens with zero attached hydrogens (tertiary/aromatic N) is 1. The number of hydrogen-bond acceptors (Lipinski definition) is 4. The van der Waals surface area contributed by atoms with Gasteiger partial charge in [-0.1, -0.05) is 60.7 Å². The highest BCUT2D eigenvalue weighted by atomic mass is 19.1. The van der Waals surface area contributed by atoms with Gasteiger partial charge in [-0.3, -0.25) is 4.90 Å². The summed E-state index contributed by atoms with van der Waals surface area (Å²) in [5.74, 6) is 0.189. The predicted octanol–water partition coefficient (Wildman–Crippen LogP) is 4.17. The van der Waals surface area contributed by atoms with Crippen LogP contribution in [0.3, 0.4) is 0 Å². The molecule has 0 amide bonds. The van der Waals surface area contributed by atoms with Crippen molar-refractivity contribution >= 4 is 0 Å². The van der Waals surface area contributed by atoms with Gasteiger partial charge in [-0.05, 0) is 29.3 Å². The van der Waals surface area contributed by atoms with E-state index in [2.05, 4.69) is 17.0 Å². The molecule has 2 atom stereocenters. The Morgan fingerprint density at radius 2 is 1.77 bits per heavy atom. The Balaban J connectivity index is 1.64. The summed E-state index contributed by atoms with van der Waals surface area (Å²) >= 11 is 0.